The van der Waals surface area contributed by atoms with Crippen LogP contribution >= 0.6 is 0 Å². The zero-order valence-electron chi connectivity index (χ0n) is 12.7. The number of H-pyrrole nitrogens is 1. The van der Waals surface area contributed by atoms with Crippen LogP contribution in [-0.4, -0.2) is 17.1 Å². The molecule has 2 aromatic carbocycles. The highest BCUT2D eigenvalue weighted by atomic mass is 16.5. The van der Waals surface area contributed by atoms with Crippen molar-refractivity contribution in [2.24, 2.45) is 0 Å². The van der Waals surface area contributed by atoms with Gasteiger partial charge in [0.2, 0.25) is 5.95 Å². The molecular formula is C18H17N3O2. The molecule has 5 nitrogen and oxygen atoms in total. The van der Waals surface area contributed by atoms with Gasteiger partial charge >= 0.3 is 0 Å². The summed E-state index contributed by atoms with van der Waals surface area (Å²) in [5, 5.41) is 3.12. The number of hydrogen-bond donors (Lipinski definition) is 2. The Kier molecular flexibility index (Phi) is 4.49. The van der Waals surface area contributed by atoms with Gasteiger partial charge in [0.15, 0.2) is 0 Å². The molecule has 3 rings (SSSR count). The van der Waals surface area contributed by atoms with Crippen molar-refractivity contribution in [3.8, 4) is 11.3 Å². The van der Waals surface area contributed by atoms with Gasteiger partial charge in [-0.15, -0.1) is 0 Å². The first-order valence-electron chi connectivity index (χ1n) is 7.26. The minimum atomic E-state index is -0.197. The SMILES string of the molecule is COCc1ccc(Nc2nc(-c3ccccc3)cc(=O)[nH]2)cc1. The second-order valence-corrected chi connectivity index (χ2v) is 5.10. The highest BCUT2D eigenvalue weighted by Crippen LogP contribution is 2.18. The highest BCUT2D eigenvalue weighted by molar-refractivity contribution is 5.61. The Morgan fingerprint density at radius 2 is 1.83 bits per heavy atom. The van der Waals surface area contributed by atoms with Crippen molar-refractivity contribution >= 4 is 11.6 Å². The first-order chi connectivity index (χ1) is 11.2. The highest BCUT2D eigenvalue weighted by Gasteiger charge is 2.04. The summed E-state index contributed by atoms with van der Waals surface area (Å²) >= 11 is 0. The van der Waals surface area contributed by atoms with E-state index in [4.69, 9.17) is 4.74 Å². The Bertz CT molecular complexity index is 827. The molecule has 2 N–H and O–H groups in total. The van der Waals surface area contributed by atoms with Crippen molar-refractivity contribution in [3.05, 3.63) is 76.6 Å². The molecule has 1 aromatic heterocycles. The van der Waals surface area contributed by atoms with E-state index in [1.807, 2.05) is 54.6 Å². The maximum Gasteiger partial charge on any atom is 0.252 e. The van der Waals surface area contributed by atoms with Gasteiger partial charge in [-0.3, -0.25) is 9.78 Å². The van der Waals surface area contributed by atoms with Gasteiger partial charge in [-0.1, -0.05) is 42.5 Å². The molecule has 0 saturated heterocycles. The van der Waals surface area contributed by atoms with Crippen LogP contribution in [0, 0.1) is 0 Å². The molecule has 0 saturated carbocycles. The van der Waals surface area contributed by atoms with E-state index in [1.165, 1.54) is 6.07 Å². The predicted molar refractivity (Wildman–Crippen MR) is 90.7 cm³/mol. The summed E-state index contributed by atoms with van der Waals surface area (Å²) in [6.07, 6.45) is 0. The molecular weight excluding hydrogens is 290 g/mol. The van der Waals surface area contributed by atoms with Crippen LogP contribution in [0.5, 0.6) is 0 Å². The van der Waals surface area contributed by atoms with E-state index in [0.29, 0.717) is 18.2 Å². The van der Waals surface area contributed by atoms with Crippen molar-refractivity contribution in [2.75, 3.05) is 12.4 Å². The Balaban J connectivity index is 1.85. The van der Waals surface area contributed by atoms with E-state index in [-0.39, 0.29) is 5.56 Å². The first-order valence-corrected chi connectivity index (χ1v) is 7.26. The third-order valence-corrected chi connectivity index (χ3v) is 3.34. The molecule has 3 aromatic rings. The average Bonchev–Trinajstić information content (AvgIpc) is 2.57. The predicted octanol–water partition coefficient (Wildman–Crippen LogP) is 3.33. The number of aromatic amines is 1. The van der Waals surface area contributed by atoms with Crippen LogP contribution in [0.3, 0.4) is 0 Å². The fraction of sp³-hybridized carbons (Fsp3) is 0.111. The number of ether oxygens (including phenoxy) is 1. The molecule has 0 aliphatic rings. The molecule has 0 atom stereocenters. The number of aromatic nitrogens is 2. The van der Waals surface area contributed by atoms with E-state index in [2.05, 4.69) is 15.3 Å². The van der Waals surface area contributed by atoms with Crippen LogP contribution in [-0.2, 0) is 11.3 Å². The lowest BCUT2D eigenvalue weighted by Gasteiger charge is -2.08. The summed E-state index contributed by atoms with van der Waals surface area (Å²) in [5.74, 6) is 0.413. The lowest BCUT2D eigenvalue weighted by molar-refractivity contribution is 0.185. The van der Waals surface area contributed by atoms with Crippen LogP contribution < -0.4 is 10.9 Å². The number of methoxy groups -OCH3 is 1. The van der Waals surface area contributed by atoms with E-state index in [1.54, 1.807) is 7.11 Å². The Morgan fingerprint density at radius 1 is 1.09 bits per heavy atom. The molecule has 0 unspecified atom stereocenters. The molecule has 0 aliphatic heterocycles. The van der Waals surface area contributed by atoms with Crippen molar-refractivity contribution in [3.63, 3.8) is 0 Å². The van der Waals surface area contributed by atoms with Crippen LogP contribution in [0.2, 0.25) is 0 Å². The number of benzene rings is 2. The maximum absolute atomic E-state index is 11.9. The van der Waals surface area contributed by atoms with Crippen LogP contribution in [0.4, 0.5) is 11.6 Å². The average molecular weight is 307 g/mol. The summed E-state index contributed by atoms with van der Waals surface area (Å²) in [7, 11) is 1.66. The monoisotopic (exact) mass is 307 g/mol. The van der Waals surface area contributed by atoms with Gasteiger partial charge in [0, 0.05) is 24.4 Å². The van der Waals surface area contributed by atoms with E-state index < -0.39 is 0 Å². The van der Waals surface area contributed by atoms with E-state index >= 15 is 0 Å². The van der Waals surface area contributed by atoms with E-state index in [0.717, 1.165) is 16.8 Å². The fourth-order valence-corrected chi connectivity index (χ4v) is 2.26. The van der Waals surface area contributed by atoms with Crippen molar-refractivity contribution in [1.82, 2.24) is 9.97 Å². The third-order valence-electron chi connectivity index (χ3n) is 3.34. The molecule has 0 fully saturated rings. The molecule has 1 heterocycles. The Labute approximate surface area is 134 Å². The normalized spacial score (nSPS) is 10.5. The summed E-state index contributed by atoms with van der Waals surface area (Å²) in [5.41, 5.74) is 3.26. The topological polar surface area (TPSA) is 67.0 Å². The molecule has 5 heteroatoms. The van der Waals surface area contributed by atoms with Crippen molar-refractivity contribution in [2.45, 2.75) is 6.61 Å². The number of hydrogen-bond acceptors (Lipinski definition) is 4. The maximum atomic E-state index is 11.9. The molecule has 0 spiro atoms. The van der Waals surface area contributed by atoms with Crippen molar-refractivity contribution in [1.29, 1.82) is 0 Å². The molecule has 23 heavy (non-hydrogen) atoms. The quantitative estimate of drug-likeness (QED) is 0.759. The summed E-state index contributed by atoms with van der Waals surface area (Å²) in [6, 6.07) is 18.9. The van der Waals surface area contributed by atoms with Crippen LogP contribution in [0.1, 0.15) is 5.56 Å². The minimum absolute atomic E-state index is 0.197. The first kappa shape index (κ1) is 15.0. The lowest BCUT2D eigenvalue weighted by Crippen LogP contribution is -2.10. The zero-order valence-corrected chi connectivity index (χ0v) is 12.7. The number of nitrogens with zero attached hydrogens (tertiary/aromatic N) is 1. The van der Waals surface area contributed by atoms with Crippen LogP contribution in [0.15, 0.2) is 65.5 Å². The third kappa shape index (κ3) is 3.84. The minimum Gasteiger partial charge on any atom is -0.380 e. The van der Waals surface area contributed by atoms with Gasteiger partial charge in [0.25, 0.3) is 5.56 Å². The zero-order chi connectivity index (χ0) is 16.1. The van der Waals surface area contributed by atoms with Crippen LogP contribution in [0.25, 0.3) is 11.3 Å². The summed E-state index contributed by atoms with van der Waals surface area (Å²) in [6.45, 7) is 0.568. The standard InChI is InChI=1S/C18H17N3O2/c1-23-12-13-7-9-15(10-8-13)19-18-20-16(11-17(22)21-18)14-5-3-2-4-6-14/h2-11H,12H2,1H3,(H2,19,20,21,22). The molecule has 116 valence electrons. The number of nitrogens with one attached hydrogen (secondary N) is 2. The smallest absolute Gasteiger partial charge is 0.252 e. The second kappa shape index (κ2) is 6.89. The summed E-state index contributed by atoms with van der Waals surface area (Å²) in [4.78, 5) is 19.0. The Morgan fingerprint density at radius 3 is 2.52 bits per heavy atom. The van der Waals surface area contributed by atoms with E-state index in [9.17, 15) is 4.79 Å². The van der Waals surface area contributed by atoms with Crippen molar-refractivity contribution < 1.29 is 4.74 Å². The second-order valence-electron chi connectivity index (χ2n) is 5.10. The molecule has 0 bridgehead atoms. The van der Waals surface area contributed by atoms with Gasteiger partial charge in [-0.25, -0.2) is 4.98 Å². The van der Waals surface area contributed by atoms with Gasteiger partial charge in [-0.05, 0) is 17.7 Å². The number of anilines is 2. The van der Waals surface area contributed by atoms with Gasteiger partial charge in [0.1, 0.15) is 0 Å². The largest absolute Gasteiger partial charge is 0.380 e. The Hall–Kier alpha value is -2.92. The lowest BCUT2D eigenvalue weighted by atomic mass is 10.1. The van der Waals surface area contributed by atoms with Gasteiger partial charge in [-0.2, -0.15) is 0 Å². The molecule has 0 aliphatic carbocycles. The molecule has 0 amide bonds. The van der Waals surface area contributed by atoms with Gasteiger partial charge < -0.3 is 10.1 Å². The fourth-order valence-electron chi connectivity index (χ4n) is 2.26. The number of rotatable bonds is 5. The molecule has 0 radical (unpaired) electrons. The summed E-state index contributed by atoms with van der Waals surface area (Å²) < 4.78 is 5.09. The van der Waals surface area contributed by atoms with Gasteiger partial charge in [0.05, 0.1) is 12.3 Å².